The molecule has 0 radical (unpaired) electrons. The Morgan fingerprint density at radius 1 is 1.23 bits per heavy atom. The van der Waals surface area contributed by atoms with Crippen LogP contribution in [0, 0.1) is 0 Å². The van der Waals surface area contributed by atoms with E-state index in [-0.39, 0.29) is 0 Å². The molecule has 0 heterocycles. The van der Waals surface area contributed by atoms with Gasteiger partial charge in [0.1, 0.15) is 5.75 Å². The minimum Gasteiger partial charge on any atom is -0.497 e. The molecular formula is C11H18OSi. The average Bonchev–Trinajstić information content (AvgIpc) is 2.01. The van der Waals surface area contributed by atoms with Crippen molar-refractivity contribution in [3.05, 3.63) is 29.8 Å². The van der Waals surface area contributed by atoms with Gasteiger partial charge in [-0.2, -0.15) is 0 Å². The summed E-state index contributed by atoms with van der Waals surface area (Å²) < 4.78 is 5.18. The van der Waals surface area contributed by atoms with Gasteiger partial charge in [-0.1, -0.05) is 31.8 Å². The van der Waals surface area contributed by atoms with Crippen LogP contribution in [-0.2, 0) is 6.04 Å². The van der Waals surface area contributed by atoms with Crippen LogP contribution in [0.25, 0.3) is 0 Å². The smallest absolute Gasteiger partial charge is 0.119 e. The first-order valence-corrected chi connectivity index (χ1v) is 8.35. The number of hydrogen-bond acceptors (Lipinski definition) is 1. The molecule has 0 amide bonds. The second kappa shape index (κ2) is 3.96. The zero-order valence-electron chi connectivity index (χ0n) is 8.92. The summed E-state index contributed by atoms with van der Waals surface area (Å²) >= 11 is 0. The molecule has 0 spiro atoms. The van der Waals surface area contributed by atoms with E-state index in [1.807, 2.05) is 6.07 Å². The van der Waals surface area contributed by atoms with E-state index in [1.165, 1.54) is 11.6 Å². The summed E-state index contributed by atoms with van der Waals surface area (Å²) in [6.45, 7) is 7.14. The highest BCUT2D eigenvalue weighted by Crippen LogP contribution is 2.16. The van der Waals surface area contributed by atoms with Crippen molar-refractivity contribution in [2.45, 2.75) is 25.7 Å². The first-order valence-electron chi connectivity index (χ1n) is 4.64. The lowest BCUT2D eigenvalue weighted by Crippen LogP contribution is -2.23. The third-order valence-electron chi connectivity index (χ3n) is 1.87. The Kier molecular flexibility index (Phi) is 3.15. The molecule has 72 valence electrons. The van der Waals surface area contributed by atoms with Crippen molar-refractivity contribution in [3.63, 3.8) is 0 Å². The average molecular weight is 194 g/mol. The molecule has 0 fully saturated rings. The maximum atomic E-state index is 5.18. The van der Waals surface area contributed by atoms with Crippen LogP contribution in [0.15, 0.2) is 24.3 Å². The molecule has 0 aromatic heterocycles. The molecule has 13 heavy (non-hydrogen) atoms. The first-order chi connectivity index (χ1) is 6.01. The maximum absolute atomic E-state index is 5.18. The van der Waals surface area contributed by atoms with Crippen LogP contribution in [0.2, 0.25) is 19.6 Å². The number of ether oxygens (including phenoxy) is 1. The third kappa shape index (κ3) is 3.64. The minimum atomic E-state index is -0.989. The third-order valence-corrected chi connectivity index (χ3v) is 3.34. The summed E-state index contributed by atoms with van der Waals surface area (Å²) in [5, 5.41) is 0. The van der Waals surface area contributed by atoms with E-state index in [0.717, 1.165) is 5.75 Å². The summed E-state index contributed by atoms with van der Waals surface area (Å²) in [7, 11) is 0.727. The fourth-order valence-corrected chi connectivity index (χ4v) is 2.84. The second-order valence-corrected chi connectivity index (χ2v) is 10.1. The Balaban J connectivity index is 2.78. The van der Waals surface area contributed by atoms with Crippen molar-refractivity contribution in [1.82, 2.24) is 0 Å². The van der Waals surface area contributed by atoms with Crippen molar-refractivity contribution in [1.29, 1.82) is 0 Å². The molecule has 1 rings (SSSR count). The Hall–Kier alpha value is -0.763. The second-order valence-electron chi connectivity index (χ2n) is 4.59. The minimum absolute atomic E-state index is 0.968. The Bertz CT molecular complexity index is 276. The molecule has 0 aliphatic heterocycles. The van der Waals surface area contributed by atoms with Crippen molar-refractivity contribution < 1.29 is 4.74 Å². The normalized spacial score (nSPS) is 11.4. The van der Waals surface area contributed by atoms with Crippen molar-refractivity contribution >= 4 is 8.07 Å². The lowest BCUT2D eigenvalue weighted by Gasteiger charge is -2.15. The highest BCUT2D eigenvalue weighted by molar-refractivity contribution is 6.75. The molecule has 0 aliphatic rings. The van der Waals surface area contributed by atoms with E-state index in [2.05, 4.69) is 37.8 Å². The van der Waals surface area contributed by atoms with E-state index in [9.17, 15) is 0 Å². The number of methoxy groups -OCH3 is 1. The zero-order chi connectivity index (χ0) is 9.90. The van der Waals surface area contributed by atoms with Gasteiger partial charge in [0.05, 0.1) is 7.11 Å². The topological polar surface area (TPSA) is 9.23 Å². The van der Waals surface area contributed by atoms with Gasteiger partial charge in [-0.05, 0) is 23.7 Å². The molecule has 1 aromatic carbocycles. The molecule has 0 atom stereocenters. The molecule has 0 saturated carbocycles. The van der Waals surface area contributed by atoms with Gasteiger partial charge < -0.3 is 4.74 Å². The van der Waals surface area contributed by atoms with Crippen LogP contribution in [0.5, 0.6) is 5.75 Å². The molecule has 0 N–H and O–H groups in total. The van der Waals surface area contributed by atoms with Gasteiger partial charge >= 0.3 is 0 Å². The molecular weight excluding hydrogens is 176 g/mol. The molecule has 1 nitrogen and oxygen atoms in total. The van der Waals surface area contributed by atoms with Gasteiger partial charge in [-0.15, -0.1) is 0 Å². The fraction of sp³-hybridized carbons (Fsp3) is 0.455. The van der Waals surface area contributed by atoms with Crippen LogP contribution in [-0.4, -0.2) is 15.2 Å². The predicted octanol–water partition coefficient (Wildman–Crippen LogP) is 3.12. The predicted molar refractivity (Wildman–Crippen MR) is 60.0 cm³/mol. The van der Waals surface area contributed by atoms with Crippen molar-refractivity contribution in [2.24, 2.45) is 0 Å². The van der Waals surface area contributed by atoms with E-state index in [4.69, 9.17) is 4.74 Å². The standard InChI is InChI=1S/C11H18OSi/c1-12-11-7-5-6-10(8-11)9-13(2,3)4/h5-8H,9H2,1-4H3. The lowest BCUT2D eigenvalue weighted by atomic mass is 10.2. The van der Waals surface area contributed by atoms with Crippen LogP contribution in [0.3, 0.4) is 0 Å². The monoisotopic (exact) mass is 194 g/mol. The van der Waals surface area contributed by atoms with Gasteiger partial charge in [-0.25, -0.2) is 0 Å². The maximum Gasteiger partial charge on any atom is 0.119 e. The van der Waals surface area contributed by atoms with Gasteiger partial charge in [0, 0.05) is 8.07 Å². The number of rotatable bonds is 3. The van der Waals surface area contributed by atoms with Crippen LogP contribution < -0.4 is 4.74 Å². The summed E-state index contributed by atoms with van der Waals surface area (Å²) in [6.07, 6.45) is 0. The summed E-state index contributed by atoms with van der Waals surface area (Å²) in [4.78, 5) is 0. The Labute approximate surface area is 81.8 Å². The van der Waals surface area contributed by atoms with Crippen LogP contribution in [0.4, 0.5) is 0 Å². The van der Waals surface area contributed by atoms with Crippen LogP contribution in [0.1, 0.15) is 5.56 Å². The van der Waals surface area contributed by atoms with Gasteiger partial charge in [0.15, 0.2) is 0 Å². The number of hydrogen-bond donors (Lipinski definition) is 0. The van der Waals surface area contributed by atoms with E-state index >= 15 is 0 Å². The zero-order valence-corrected chi connectivity index (χ0v) is 9.92. The van der Waals surface area contributed by atoms with Gasteiger partial charge in [-0.3, -0.25) is 0 Å². The SMILES string of the molecule is COc1cccc(C[Si](C)(C)C)c1. The molecule has 0 unspecified atom stereocenters. The van der Waals surface area contributed by atoms with E-state index < -0.39 is 8.07 Å². The summed E-state index contributed by atoms with van der Waals surface area (Å²) in [5.41, 5.74) is 1.40. The van der Waals surface area contributed by atoms with E-state index in [1.54, 1.807) is 7.11 Å². The van der Waals surface area contributed by atoms with Crippen molar-refractivity contribution in [2.75, 3.05) is 7.11 Å². The molecule has 0 bridgehead atoms. The summed E-state index contributed by atoms with van der Waals surface area (Å²) in [5.74, 6) is 0.968. The number of benzene rings is 1. The summed E-state index contributed by atoms with van der Waals surface area (Å²) in [6, 6.07) is 9.60. The molecule has 0 saturated heterocycles. The lowest BCUT2D eigenvalue weighted by molar-refractivity contribution is 0.414. The molecule has 0 aliphatic carbocycles. The Morgan fingerprint density at radius 3 is 2.46 bits per heavy atom. The first kappa shape index (κ1) is 10.3. The van der Waals surface area contributed by atoms with Gasteiger partial charge in [0.25, 0.3) is 0 Å². The quantitative estimate of drug-likeness (QED) is 0.672. The molecule has 1 aromatic rings. The Morgan fingerprint density at radius 2 is 1.92 bits per heavy atom. The van der Waals surface area contributed by atoms with Crippen LogP contribution >= 0.6 is 0 Å². The van der Waals surface area contributed by atoms with Crippen molar-refractivity contribution in [3.8, 4) is 5.75 Å². The highest BCUT2D eigenvalue weighted by Gasteiger charge is 2.13. The highest BCUT2D eigenvalue weighted by atomic mass is 28.3. The van der Waals surface area contributed by atoms with Gasteiger partial charge in [0.2, 0.25) is 0 Å². The largest absolute Gasteiger partial charge is 0.497 e. The van der Waals surface area contributed by atoms with E-state index in [0.29, 0.717) is 0 Å². The molecule has 2 heteroatoms. The fourth-order valence-electron chi connectivity index (χ4n) is 1.39.